The first kappa shape index (κ1) is 24.2. The summed E-state index contributed by atoms with van der Waals surface area (Å²) < 4.78 is 11.7. The van der Waals surface area contributed by atoms with Gasteiger partial charge in [0.2, 0.25) is 0 Å². The molecular weight excluding hydrogens is 442 g/mol. The molecular formula is C28H37N3O4. The van der Waals surface area contributed by atoms with Crippen LogP contribution in [0.15, 0.2) is 36.4 Å². The number of hydrogen-bond donors (Lipinski definition) is 2. The zero-order valence-electron chi connectivity index (χ0n) is 20.6. The Hall–Kier alpha value is -2.48. The first-order valence-corrected chi connectivity index (χ1v) is 13.1. The third-order valence-corrected chi connectivity index (χ3v) is 7.63. The maximum atomic E-state index is 12.3. The molecule has 2 N–H and O–H groups in total. The Morgan fingerprint density at radius 2 is 2.14 bits per heavy atom. The molecule has 35 heavy (non-hydrogen) atoms. The van der Waals surface area contributed by atoms with Crippen LogP contribution in [-0.2, 0) is 27.1 Å². The molecule has 7 heteroatoms. The number of ether oxygens (including phenoxy) is 2. The van der Waals surface area contributed by atoms with E-state index in [4.69, 9.17) is 14.5 Å². The minimum Gasteiger partial charge on any atom is -0.480 e. The number of carbonyl (C=O) groups is 1. The van der Waals surface area contributed by atoms with Crippen molar-refractivity contribution in [2.24, 2.45) is 0 Å². The molecule has 0 radical (unpaired) electrons. The van der Waals surface area contributed by atoms with E-state index < -0.39 is 12.0 Å². The number of carboxylic acid groups (broad SMARTS) is 1. The van der Waals surface area contributed by atoms with Crippen molar-refractivity contribution in [3.8, 4) is 0 Å². The van der Waals surface area contributed by atoms with Gasteiger partial charge in [0.1, 0.15) is 11.9 Å². The van der Waals surface area contributed by atoms with Gasteiger partial charge in [0.15, 0.2) is 0 Å². The van der Waals surface area contributed by atoms with Crippen LogP contribution in [0.25, 0.3) is 0 Å². The summed E-state index contributed by atoms with van der Waals surface area (Å²) in [5.74, 6) is 0.567. The van der Waals surface area contributed by atoms with Crippen molar-refractivity contribution in [2.75, 3.05) is 38.7 Å². The number of aromatic nitrogens is 1. The molecule has 1 unspecified atom stereocenters. The number of rotatable bonds is 11. The lowest BCUT2D eigenvalue weighted by atomic mass is 9.96. The molecule has 2 aromatic rings. The van der Waals surface area contributed by atoms with Crippen LogP contribution < -0.4 is 5.32 Å². The van der Waals surface area contributed by atoms with Crippen molar-refractivity contribution in [1.29, 1.82) is 0 Å². The van der Waals surface area contributed by atoms with Gasteiger partial charge in [0.25, 0.3) is 0 Å². The number of aliphatic carboxylic acids is 1. The van der Waals surface area contributed by atoms with E-state index >= 15 is 0 Å². The number of unbranched alkanes of at least 4 members (excludes halogenated alkanes) is 1. The lowest BCUT2D eigenvalue weighted by Gasteiger charge is -2.26. The highest BCUT2D eigenvalue weighted by atomic mass is 16.5. The van der Waals surface area contributed by atoms with Gasteiger partial charge in [0.05, 0.1) is 12.2 Å². The van der Waals surface area contributed by atoms with Crippen LogP contribution in [0.4, 0.5) is 5.82 Å². The van der Waals surface area contributed by atoms with Gasteiger partial charge >= 0.3 is 5.97 Å². The van der Waals surface area contributed by atoms with Crippen LogP contribution >= 0.6 is 0 Å². The topological polar surface area (TPSA) is 83.9 Å². The number of benzene rings is 1. The molecule has 2 aliphatic heterocycles. The van der Waals surface area contributed by atoms with Gasteiger partial charge in [-0.05, 0) is 67.7 Å². The van der Waals surface area contributed by atoms with Gasteiger partial charge in [-0.1, -0.05) is 30.3 Å². The van der Waals surface area contributed by atoms with E-state index in [1.807, 2.05) is 18.2 Å². The van der Waals surface area contributed by atoms with Gasteiger partial charge in [0, 0.05) is 45.0 Å². The minimum atomic E-state index is -0.792. The molecule has 3 heterocycles. The third kappa shape index (κ3) is 5.68. The number of methoxy groups -OCH3 is 1. The number of fused-ring (bicyclic) bond motifs is 1. The molecule has 1 aliphatic carbocycles. The Morgan fingerprint density at radius 1 is 1.26 bits per heavy atom. The number of pyridine rings is 1. The first-order valence-electron chi connectivity index (χ1n) is 13.1. The van der Waals surface area contributed by atoms with Crippen LogP contribution in [0.3, 0.4) is 0 Å². The van der Waals surface area contributed by atoms with Crippen LogP contribution in [-0.4, -0.2) is 66.5 Å². The predicted molar refractivity (Wildman–Crippen MR) is 135 cm³/mol. The van der Waals surface area contributed by atoms with E-state index in [0.717, 1.165) is 74.3 Å². The van der Waals surface area contributed by atoms with E-state index in [0.29, 0.717) is 19.1 Å². The second-order valence-electron chi connectivity index (χ2n) is 10.1. The van der Waals surface area contributed by atoms with Gasteiger partial charge in [-0.25, -0.2) is 4.98 Å². The van der Waals surface area contributed by atoms with Gasteiger partial charge in [-0.2, -0.15) is 0 Å². The van der Waals surface area contributed by atoms with Crippen molar-refractivity contribution < 1.29 is 19.4 Å². The monoisotopic (exact) mass is 479 g/mol. The van der Waals surface area contributed by atoms with Gasteiger partial charge in [-0.15, -0.1) is 0 Å². The molecule has 0 bridgehead atoms. The summed E-state index contributed by atoms with van der Waals surface area (Å²) in [6, 6.07) is 11.7. The maximum absolute atomic E-state index is 12.3. The fourth-order valence-electron chi connectivity index (χ4n) is 5.63. The van der Waals surface area contributed by atoms with Crippen molar-refractivity contribution in [2.45, 2.75) is 69.1 Å². The Labute approximate surface area is 207 Å². The van der Waals surface area contributed by atoms with Crippen LogP contribution in [0, 0.1) is 0 Å². The Morgan fingerprint density at radius 3 is 2.97 bits per heavy atom. The standard InChI is InChI=1S/C28H37N3O4/c1-34-25-17-24(25)22-9-2-3-10-23(22)26(28(32)33)31-15-13-21(18-31)35-16-5-4-8-20-12-11-19-7-6-14-29-27(19)30-20/h2-3,9-12,21,24-26H,4-8,13-18H2,1H3,(H,29,30)(H,32,33)/t21-,24+,25-,26?/m1/s1. The molecule has 7 nitrogen and oxygen atoms in total. The number of hydrogen-bond acceptors (Lipinski definition) is 6. The average Bonchev–Trinajstić information content (AvgIpc) is 3.53. The van der Waals surface area contributed by atoms with E-state index in [1.165, 1.54) is 12.0 Å². The van der Waals surface area contributed by atoms with Crippen molar-refractivity contribution >= 4 is 11.8 Å². The summed E-state index contributed by atoms with van der Waals surface area (Å²) in [5, 5.41) is 13.5. The summed E-state index contributed by atoms with van der Waals surface area (Å²) in [6.07, 6.45) is 7.39. The molecule has 188 valence electrons. The fraction of sp³-hybridized carbons (Fsp3) is 0.571. The summed E-state index contributed by atoms with van der Waals surface area (Å²) in [7, 11) is 1.73. The molecule has 1 saturated carbocycles. The number of anilines is 1. The molecule has 0 amide bonds. The zero-order valence-corrected chi connectivity index (χ0v) is 20.6. The average molecular weight is 480 g/mol. The number of aryl methyl sites for hydroxylation is 2. The highest BCUT2D eigenvalue weighted by molar-refractivity contribution is 5.76. The van der Waals surface area contributed by atoms with E-state index in [1.54, 1.807) is 7.11 Å². The number of carboxylic acids is 1. The lowest BCUT2D eigenvalue weighted by Crippen LogP contribution is -2.34. The number of nitrogens with zero attached hydrogens (tertiary/aromatic N) is 2. The summed E-state index contributed by atoms with van der Waals surface area (Å²) in [4.78, 5) is 19.2. The molecule has 0 spiro atoms. The Kier molecular flexibility index (Phi) is 7.66. The van der Waals surface area contributed by atoms with Crippen molar-refractivity contribution in [1.82, 2.24) is 9.88 Å². The second kappa shape index (κ2) is 11.1. The van der Waals surface area contributed by atoms with Crippen LogP contribution in [0.2, 0.25) is 0 Å². The quantitative estimate of drug-likeness (QED) is 0.468. The highest BCUT2D eigenvalue weighted by Gasteiger charge is 2.43. The normalized spacial score (nSPS) is 24.5. The fourth-order valence-corrected chi connectivity index (χ4v) is 5.63. The van der Waals surface area contributed by atoms with Gasteiger partial charge in [-0.3, -0.25) is 9.69 Å². The Bertz CT molecular complexity index is 1030. The lowest BCUT2D eigenvalue weighted by molar-refractivity contribution is -0.143. The molecule has 3 aliphatic rings. The van der Waals surface area contributed by atoms with Crippen LogP contribution in [0.1, 0.15) is 66.4 Å². The van der Waals surface area contributed by atoms with Crippen molar-refractivity contribution in [3.63, 3.8) is 0 Å². The van der Waals surface area contributed by atoms with E-state index in [9.17, 15) is 9.90 Å². The Balaban J connectivity index is 1.10. The second-order valence-corrected chi connectivity index (χ2v) is 10.1. The molecule has 1 aromatic carbocycles. The van der Waals surface area contributed by atoms with Gasteiger partial charge < -0.3 is 19.9 Å². The molecule has 1 saturated heterocycles. The highest BCUT2D eigenvalue weighted by Crippen LogP contribution is 2.46. The zero-order chi connectivity index (χ0) is 24.2. The van der Waals surface area contributed by atoms with Crippen molar-refractivity contribution in [3.05, 3.63) is 58.8 Å². The van der Waals surface area contributed by atoms with E-state index in [-0.39, 0.29) is 12.2 Å². The first-order chi connectivity index (χ1) is 17.1. The predicted octanol–water partition coefficient (Wildman–Crippen LogP) is 4.18. The minimum absolute atomic E-state index is 0.0859. The summed E-state index contributed by atoms with van der Waals surface area (Å²) in [5.41, 5.74) is 4.48. The molecule has 5 rings (SSSR count). The smallest absolute Gasteiger partial charge is 0.325 e. The SMILES string of the molecule is CO[C@@H]1C[C@H]1c1ccccc1C(C(=O)O)N1CC[C@@H](OCCCCc2ccc3c(n2)NCCC3)C1. The third-order valence-electron chi connectivity index (χ3n) is 7.63. The molecule has 2 fully saturated rings. The maximum Gasteiger partial charge on any atom is 0.325 e. The largest absolute Gasteiger partial charge is 0.480 e. The summed E-state index contributed by atoms with van der Waals surface area (Å²) >= 11 is 0. The molecule has 4 atom stereocenters. The van der Waals surface area contributed by atoms with E-state index in [2.05, 4.69) is 28.4 Å². The number of nitrogens with one attached hydrogen (secondary N) is 1. The number of likely N-dealkylation sites (tertiary alicyclic amines) is 1. The summed E-state index contributed by atoms with van der Waals surface area (Å²) in [6.45, 7) is 3.11. The van der Waals surface area contributed by atoms with Crippen LogP contribution in [0.5, 0.6) is 0 Å². The molecule has 1 aromatic heterocycles.